The number of benzene rings is 1. The van der Waals surface area contributed by atoms with Crippen LogP contribution in [0.1, 0.15) is 51.3 Å². The Kier molecular flexibility index (Phi) is 7.35. The molecule has 1 unspecified atom stereocenters. The van der Waals surface area contributed by atoms with Gasteiger partial charge in [0, 0.05) is 7.05 Å². The summed E-state index contributed by atoms with van der Waals surface area (Å²) in [6.45, 7) is 7.35. The van der Waals surface area contributed by atoms with Crippen LogP contribution in [0.3, 0.4) is 0 Å². The lowest BCUT2D eigenvalue weighted by atomic mass is 9.86. The topological polar surface area (TPSA) is 104 Å². The van der Waals surface area contributed by atoms with Gasteiger partial charge in [-0.3, -0.25) is 9.59 Å². The second-order valence-electron chi connectivity index (χ2n) is 7.25. The molecule has 2 N–H and O–H groups in total. The predicted octanol–water partition coefficient (Wildman–Crippen LogP) is 1.90. The van der Waals surface area contributed by atoms with E-state index in [1.807, 2.05) is 12.1 Å². The van der Waals surface area contributed by atoms with Crippen LogP contribution in [0.4, 0.5) is 0 Å². The Labute approximate surface area is 155 Å². The van der Waals surface area contributed by atoms with Gasteiger partial charge in [-0.25, -0.2) is 8.42 Å². The van der Waals surface area contributed by atoms with Crippen molar-refractivity contribution < 1.29 is 23.1 Å². The third-order valence-electron chi connectivity index (χ3n) is 4.10. The van der Waals surface area contributed by atoms with Gasteiger partial charge in [-0.2, -0.15) is 4.31 Å². The Morgan fingerprint density at radius 2 is 1.73 bits per heavy atom. The molecule has 1 rings (SSSR count). The van der Waals surface area contributed by atoms with Gasteiger partial charge in [0.05, 0.1) is 24.8 Å². The maximum absolute atomic E-state index is 12.2. The molecule has 0 bridgehead atoms. The highest BCUT2D eigenvalue weighted by Gasteiger charge is 2.23. The van der Waals surface area contributed by atoms with E-state index in [1.165, 1.54) is 14.0 Å². The van der Waals surface area contributed by atoms with Gasteiger partial charge in [0.1, 0.15) is 0 Å². The molecule has 1 amide bonds. The van der Waals surface area contributed by atoms with Crippen LogP contribution in [0, 0.1) is 0 Å². The molecule has 0 spiro atoms. The first-order valence-corrected chi connectivity index (χ1v) is 10.0. The Morgan fingerprint density at radius 1 is 1.19 bits per heavy atom. The van der Waals surface area contributed by atoms with Gasteiger partial charge < -0.3 is 10.4 Å². The van der Waals surface area contributed by atoms with E-state index in [9.17, 15) is 18.0 Å². The molecule has 0 fully saturated rings. The van der Waals surface area contributed by atoms with E-state index in [0.717, 1.165) is 9.87 Å². The van der Waals surface area contributed by atoms with Crippen molar-refractivity contribution in [2.45, 2.75) is 45.6 Å². The van der Waals surface area contributed by atoms with Gasteiger partial charge in [-0.15, -0.1) is 0 Å². The highest BCUT2D eigenvalue weighted by molar-refractivity contribution is 7.89. The van der Waals surface area contributed by atoms with E-state index in [0.29, 0.717) is 5.56 Å². The van der Waals surface area contributed by atoms with Gasteiger partial charge in [0.2, 0.25) is 15.9 Å². The fraction of sp³-hybridized carbons (Fsp3) is 0.556. The third-order valence-corrected chi connectivity index (χ3v) is 5.91. The maximum atomic E-state index is 12.2. The number of nitrogens with one attached hydrogen (secondary N) is 1. The van der Waals surface area contributed by atoms with Gasteiger partial charge in [-0.1, -0.05) is 45.0 Å². The summed E-state index contributed by atoms with van der Waals surface area (Å²) in [5.74, 6) is -1.70. The number of hydrogen-bond donors (Lipinski definition) is 2. The summed E-state index contributed by atoms with van der Waals surface area (Å²) in [5, 5.41) is 11.8. The van der Waals surface area contributed by atoms with Crippen LogP contribution in [-0.2, 0) is 25.0 Å². The van der Waals surface area contributed by atoms with E-state index >= 15 is 0 Å². The summed E-state index contributed by atoms with van der Waals surface area (Å²) in [4.78, 5) is 23.4. The molecule has 1 aromatic carbocycles. The van der Waals surface area contributed by atoms with Crippen LogP contribution in [0.15, 0.2) is 24.3 Å². The van der Waals surface area contributed by atoms with E-state index in [2.05, 4.69) is 26.1 Å². The molecule has 0 heterocycles. The molecule has 8 heteroatoms. The van der Waals surface area contributed by atoms with Crippen molar-refractivity contribution in [3.63, 3.8) is 0 Å². The lowest BCUT2D eigenvalue weighted by Crippen LogP contribution is -2.40. The highest BCUT2D eigenvalue weighted by Crippen LogP contribution is 2.25. The van der Waals surface area contributed by atoms with E-state index < -0.39 is 27.9 Å². The van der Waals surface area contributed by atoms with Gasteiger partial charge >= 0.3 is 5.97 Å². The smallest absolute Gasteiger partial charge is 0.305 e. The van der Waals surface area contributed by atoms with Crippen molar-refractivity contribution >= 4 is 21.9 Å². The molecule has 0 saturated carbocycles. The van der Waals surface area contributed by atoms with Crippen molar-refractivity contribution in [3.05, 3.63) is 35.4 Å². The molecule has 0 aliphatic carbocycles. The molecule has 1 atom stereocenters. The van der Waals surface area contributed by atoms with E-state index in [4.69, 9.17) is 5.11 Å². The van der Waals surface area contributed by atoms with Gasteiger partial charge in [0.25, 0.3) is 0 Å². The number of carboxylic acids is 1. The van der Waals surface area contributed by atoms with Crippen molar-refractivity contribution in [2.75, 3.05) is 19.3 Å². The molecule has 0 aromatic heterocycles. The first kappa shape index (κ1) is 22.1. The molecule has 0 radical (unpaired) electrons. The number of sulfonamides is 1. The number of carbonyl (C=O) groups is 2. The van der Waals surface area contributed by atoms with Crippen LogP contribution in [0.5, 0.6) is 0 Å². The summed E-state index contributed by atoms with van der Waals surface area (Å²) >= 11 is 0. The first-order valence-electron chi connectivity index (χ1n) is 8.42. The standard InChI is InChI=1S/C18H28N2O5S/c1-6-26(24,25)20(5)12-16(21)19-15(11-17(22)23)13-7-9-14(10-8-13)18(2,3)4/h7-10,15H,6,11-12H2,1-5H3,(H,19,21)(H,22,23). The maximum Gasteiger partial charge on any atom is 0.305 e. The molecule has 146 valence electrons. The second-order valence-corrected chi connectivity index (χ2v) is 9.61. The quantitative estimate of drug-likeness (QED) is 0.712. The minimum absolute atomic E-state index is 0.0404. The number of rotatable bonds is 8. The zero-order valence-electron chi connectivity index (χ0n) is 15.9. The summed E-state index contributed by atoms with van der Waals surface area (Å²) in [6, 6.07) is 6.67. The number of amides is 1. The fourth-order valence-corrected chi connectivity index (χ4v) is 3.16. The van der Waals surface area contributed by atoms with Crippen LogP contribution in [-0.4, -0.2) is 49.1 Å². The van der Waals surface area contributed by atoms with Crippen LogP contribution in [0.2, 0.25) is 0 Å². The lowest BCUT2D eigenvalue weighted by Gasteiger charge is -2.23. The van der Waals surface area contributed by atoms with Crippen molar-refractivity contribution in [1.29, 1.82) is 0 Å². The van der Waals surface area contributed by atoms with Crippen molar-refractivity contribution in [3.8, 4) is 0 Å². The molecule has 0 aliphatic heterocycles. The van der Waals surface area contributed by atoms with Gasteiger partial charge in [0.15, 0.2) is 0 Å². The third kappa shape index (κ3) is 6.42. The summed E-state index contributed by atoms with van der Waals surface area (Å²) in [7, 11) is -2.16. The van der Waals surface area contributed by atoms with Gasteiger partial charge in [-0.05, 0) is 23.5 Å². The van der Waals surface area contributed by atoms with E-state index in [-0.39, 0.29) is 24.1 Å². The zero-order valence-corrected chi connectivity index (χ0v) is 16.8. The van der Waals surface area contributed by atoms with Crippen molar-refractivity contribution in [1.82, 2.24) is 9.62 Å². The Balaban J connectivity index is 2.94. The molecule has 7 nitrogen and oxygen atoms in total. The average molecular weight is 384 g/mol. The number of nitrogens with zero attached hydrogens (tertiary/aromatic N) is 1. The van der Waals surface area contributed by atoms with Crippen LogP contribution >= 0.6 is 0 Å². The fourth-order valence-electron chi connectivity index (χ4n) is 2.40. The molecular weight excluding hydrogens is 356 g/mol. The van der Waals surface area contributed by atoms with Crippen molar-refractivity contribution in [2.24, 2.45) is 0 Å². The lowest BCUT2D eigenvalue weighted by molar-refractivity contribution is -0.137. The number of carbonyl (C=O) groups excluding carboxylic acids is 1. The molecule has 26 heavy (non-hydrogen) atoms. The molecule has 1 aromatic rings. The first-order chi connectivity index (χ1) is 11.9. The molecule has 0 aliphatic rings. The Morgan fingerprint density at radius 3 is 2.15 bits per heavy atom. The molecule has 0 saturated heterocycles. The monoisotopic (exact) mass is 384 g/mol. The van der Waals surface area contributed by atoms with Crippen LogP contribution in [0.25, 0.3) is 0 Å². The zero-order chi connectivity index (χ0) is 20.1. The number of carboxylic acid groups (broad SMARTS) is 1. The summed E-state index contributed by atoms with van der Waals surface area (Å²) in [5.41, 5.74) is 1.71. The number of aliphatic carboxylic acids is 1. The number of likely N-dealkylation sites (N-methyl/N-ethyl adjacent to an activating group) is 1. The normalized spacial score (nSPS) is 13.5. The SMILES string of the molecule is CCS(=O)(=O)N(C)CC(=O)NC(CC(=O)O)c1ccc(C(C)(C)C)cc1. The number of hydrogen-bond acceptors (Lipinski definition) is 4. The minimum Gasteiger partial charge on any atom is -0.481 e. The minimum atomic E-state index is -3.48. The van der Waals surface area contributed by atoms with E-state index in [1.54, 1.807) is 12.1 Å². The predicted molar refractivity (Wildman–Crippen MR) is 100 cm³/mol. The Hall–Kier alpha value is -1.93. The highest BCUT2D eigenvalue weighted by atomic mass is 32.2. The largest absolute Gasteiger partial charge is 0.481 e. The molecular formula is C18H28N2O5S. The summed E-state index contributed by atoms with van der Waals surface area (Å²) in [6.07, 6.45) is -0.287. The van der Waals surface area contributed by atoms with Crippen LogP contribution < -0.4 is 5.32 Å². The second kappa shape index (κ2) is 8.64. The average Bonchev–Trinajstić information content (AvgIpc) is 2.53. The summed E-state index contributed by atoms with van der Waals surface area (Å²) < 4.78 is 24.5. The Bertz CT molecular complexity index is 736.